The summed E-state index contributed by atoms with van der Waals surface area (Å²) in [5.74, 6) is 1.05. The van der Waals surface area contributed by atoms with Gasteiger partial charge < -0.3 is 4.74 Å². The summed E-state index contributed by atoms with van der Waals surface area (Å²) in [6.07, 6.45) is 2.47. The Kier molecular flexibility index (Phi) is 2.75. The summed E-state index contributed by atoms with van der Waals surface area (Å²) in [6, 6.07) is 0. The molecule has 0 aromatic carbocycles. The Bertz CT molecular complexity index is 271. The molecule has 1 unspecified atom stereocenters. The zero-order valence-electron chi connectivity index (χ0n) is 7.19. The Morgan fingerprint density at radius 3 is 3.23 bits per heavy atom. The summed E-state index contributed by atoms with van der Waals surface area (Å²) in [5, 5.41) is 11.2. The van der Waals surface area contributed by atoms with Crippen LogP contribution in [0.2, 0.25) is 0 Å². The molecule has 0 saturated carbocycles. The molecule has 13 heavy (non-hydrogen) atoms. The number of nitrogens with zero attached hydrogens (tertiary/aromatic N) is 4. The molecule has 0 radical (unpaired) electrons. The molecule has 2 heterocycles. The number of hydrogen-bond donors (Lipinski definition) is 0. The van der Waals surface area contributed by atoms with E-state index >= 15 is 0 Å². The van der Waals surface area contributed by atoms with Crippen LogP contribution in [0.4, 0.5) is 0 Å². The molecule has 0 amide bonds. The van der Waals surface area contributed by atoms with Crippen LogP contribution in [0.5, 0.6) is 0 Å². The average molecular weight is 203 g/mol. The third-order valence-electron chi connectivity index (χ3n) is 2.13. The summed E-state index contributed by atoms with van der Waals surface area (Å²) in [4.78, 5) is 0. The molecule has 1 aromatic rings. The van der Waals surface area contributed by atoms with E-state index in [1.165, 1.54) is 0 Å². The van der Waals surface area contributed by atoms with Crippen molar-refractivity contribution in [3.05, 3.63) is 5.82 Å². The highest BCUT2D eigenvalue weighted by atomic mass is 35.5. The van der Waals surface area contributed by atoms with Crippen LogP contribution in [0.3, 0.4) is 0 Å². The van der Waals surface area contributed by atoms with E-state index in [0.717, 1.165) is 26.0 Å². The quantitative estimate of drug-likeness (QED) is 0.674. The molecule has 1 fully saturated rings. The van der Waals surface area contributed by atoms with Crippen LogP contribution in [0, 0.1) is 0 Å². The minimum absolute atomic E-state index is 0.255. The lowest BCUT2D eigenvalue weighted by atomic mass is 10.2. The number of aromatic nitrogens is 4. The monoisotopic (exact) mass is 202 g/mol. The fraction of sp³-hybridized carbons (Fsp3) is 0.857. The van der Waals surface area contributed by atoms with Gasteiger partial charge in [0.1, 0.15) is 0 Å². The summed E-state index contributed by atoms with van der Waals surface area (Å²) >= 11 is 5.65. The first-order chi connectivity index (χ1) is 6.40. The molecule has 6 heteroatoms. The molecule has 5 nitrogen and oxygen atoms in total. The first-order valence-electron chi connectivity index (χ1n) is 4.33. The maximum atomic E-state index is 5.65. The Hall–Kier alpha value is -0.680. The normalized spacial score (nSPS) is 22.4. The van der Waals surface area contributed by atoms with E-state index in [9.17, 15) is 0 Å². The Morgan fingerprint density at radius 2 is 2.54 bits per heavy atom. The van der Waals surface area contributed by atoms with Crippen LogP contribution >= 0.6 is 11.6 Å². The molecule has 0 N–H and O–H groups in total. The van der Waals surface area contributed by atoms with E-state index < -0.39 is 0 Å². The Labute approximate surface area is 81.0 Å². The minimum Gasteiger partial charge on any atom is -0.376 e. The summed E-state index contributed by atoms with van der Waals surface area (Å²) < 4.78 is 7.18. The molecule has 1 aliphatic rings. The van der Waals surface area contributed by atoms with Crippen molar-refractivity contribution in [1.29, 1.82) is 0 Å². The van der Waals surface area contributed by atoms with Crippen LogP contribution in [-0.2, 0) is 17.2 Å². The van der Waals surface area contributed by atoms with E-state index in [-0.39, 0.29) is 6.10 Å². The molecule has 2 rings (SSSR count). The van der Waals surface area contributed by atoms with Gasteiger partial charge in [0, 0.05) is 6.61 Å². The van der Waals surface area contributed by atoms with Gasteiger partial charge in [0.2, 0.25) is 0 Å². The number of alkyl halides is 1. The summed E-state index contributed by atoms with van der Waals surface area (Å²) in [7, 11) is 0. The van der Waals surface area contributed by atoms with Gasteiger partial charge in [-0.25, -0.2) is 4.68 Å². The molecule has 1 aromatic heterocycles. The number of ether oxygens (including phenoxy) is 1. The van der Waals surface area contributed by atoms with Crippen molar-refractivity contribution in [2.24, 2.45) is 0 Å². The van der Waals surface area contributed by atoms with Gasteiger partial charge in [-0.3, -0.25) is 0 Å². The molecule has 1 atom stereocenters. The Balaban J connectivity index is 1.99. The van der Waals surface area contributed by atoms with Gasteiger partial charge in [0.15, 0.2) is 5.82 Å². The van der Waals surface area contributed by atoms with Crippen LogP contribution in [-0.4, -0.2) is 32.9 Å². The third kappa shape index (κ3) is 1.97. The van der Waals surface area contributed by atoms with E-state index in [1.807, 2.05) is 0 Å². The number of halogens is 1. The lowest BCUT2D eigenvalue weighted by molar-refractivity contribution is 0.0928. The highest BCUT2D eigenvalue weighted by Gasteiger charge is 2.18. The second kappa shape index (κ2) is 4.02. The van der Waals surface area contributed by atoms with Crippen molar-refractivity contribution < 1.29 is 4.74 Å². The van der Waals surface area contributed by atoms with E-state index in [1.54, 1.807) is 4.68 Å². The van der Waals surface area contributed by atoms with Crippen molar-refractivity contribution >= 4 is 11.6 Å². The van der Waals surface area contributed by atoms with Crippen LogP contribution in [0.1, 0.15) is 18.7 Å². The second-order valence-electron chi connectivity index (χ2n) is 3.05. The van der Waals surface area contributed by atoms with Gasteiger partial charge in [0.05, 0.1) is 18.5 Å². The highest BCUT2D eigenvalue weighted by molar-refractivity contribution is 6.16. The summed E-state index contributed by atoms with van der Waals surface area (Å²) in [5.41, 5.74) is 0. The molecule has 72 valence electrons. The molecule has 0 bridgehead atoms. The van der Waals surface area contributed by atoms with Crippen molar-refractivity contribution in [2.45, 2.75) is 31.4 Å². The fourth-order valence-electron chi connectivity index (χ4n) is 1.44. The molecule has 0 spiro atoms. The van der Waals surface area contributed by atoms with Gasteiger partial charge in [-0.1, -0.05) is 0 Å². The topological polar surface area (TPSA) is 52.8 Å². The number of rotatable bonds is 3. The van der Waals surface area contributed by atoms with E-state index in [4.69, 9.17) is 16.3 Å². The van der Waals surface area contributed by atoms with Crippen LogP contribution in [0.25, 0.3) is 0 Å². The third-order valence-corrected chi connectivity index (χ3v) is 2.37. The zero-order chi connectivity index (χ0) is 9.10. The predicted molar refractivity (Wildman–Crippen MR) is 46.3 cm³/mol. The first-order valence-corrected chi connectivity index (χ1v) is 4.86. The lowest BCUT2D eigenvalue weighted by Gasteiger charge is -2.08. The maximum absolute atomic E-state index is 5.65. The maximum Gasteiger partial charge on any atom is 0.166 e. The zero-order valence-corrected chi connectivity index (χ0v) is 7.94. The molecule has 1 saturated heterocycles. The Morgan fingerprint density at radius 1 is 1.62 bits per heavy atom. The van der Waals surface area contributed by atoms with Gasteiger partial charge in [0.25, 0.3) is 0 Å². The van der Waals surface area contributed by atoms with Crippen molar-refractivity contribution in [3.63, 3.8) is 0 Å². The highest BCUT2D eigenvalue weighted by Crippen LogP contribution is 2.14. The standard InChI is InChI=1S/C7H11ClN4O/c8-4-7-9-10-11-12(7)5-6-2-1-3-13-6/h6H,1-5H2. The average Bonchev–Trinajstić information content (AvgIpc) is 2.76. The van der Waals surface area contributed by atoms with Crippen molar-refractivity contribution in [2.75, 3.05) is 6.61 Å². The molecular formula is C7H11ClN4O. The lowest BCUT2D eigenvalue weighted by Crippen LogP contribution is -2.17. The van der Waals surface area contributed by atoms with E-state index in [0.29, 0.717) is 11.7 Å². The number of tetrazole rings is 1. The van der Waals surface area contributed by atoms with Gasteiger partial charge in [-0.15, -0.1) is 16.7 Å². The van der Waals surface area contributed by atoms with Gasteiger partial charge in [-0.2, -0.15) is 0 Å². The van der Waals surface area contributed by atoms with E-state index in [2.05, 4.69) is 15.5 Å². The van der Waals surface area contributed by atoms with Gasteiger partial charge in [-0.05, 0) is 23.3 Å². The molecule has 1 aliphatic heterocycles. The largest absolute Gasteiger partial charge is 0.376 e. The fourth-order valence-corrected chi connectivity index (χ4v) is 1.63. The first kappa shape index (κ1) is 8.90. The summed E-state index contributed by atoms with van der Waals surface area (Å²) in [6.45, 7) is 1.57. The smallest absolute Gasteiger partial charge is 0.166 e. The SMILES string of the molecule is ClCc1nnnn1CC1CCCO1. The molecular weight excluding hydrogens is 192 g/mol. The van der Waals surface area contributed by atoms with Gasteiger partial charge >= 0.3 is 0 Å². The number of hydrogen-bond acceptors (Lipinski definition) is 4. The minimum atomic E-state index is 0.255. The van der Waals surface area contributed by atoms with Crippen LogP contribution in [0.15, 0.2) is 0 Å². The van der Waals surface area contributed by atoms with Crippen LogP contribution < -0.4 is 0 Å². The molecule has 0 aliphatic carbocycles. The predicted octanol–water partition coefficient (Wildman–Crippen LogP) is 0.591. The second-order valence-corrected chi connectivity index (χ2v) is 3.31. The van der Waals surface area contributed by atoms with Crippen molar-refractivity contribution in [3.8, 4) is 0 Å². The van der Waals surface area contributed by atoms with Crippen molar-refractivity contribution in [1.82, 2.24) is 20.2 Å².